The zero-order chi connectivity index (χ0) is 27.3. The highest BCUT2D eigenvalue weighted by Crippen LogP contribution is 2.32. The molecule has 1 aliphatic heterocycles. The van der Waals surface area contributed by atoms with Gasteiger partial charge in [0, 0.05) is 40.8 Å². The van der Waals surface area contributed by atoms with E-state index in [2.05, 4.69) is 26.3 Å². The van der Waals surface area contributed by atoms with E-state index in [4.69, 9.17) is 9.47 Å². The number of piperidine rings is 1. The van der Waals surface area contributed by atoms with E-state index in [1.165, 1.54) is 18.6 Å². The number of esters is 2. The number of benzene rings is 3. The van der Waals surface area contributed by atoms with Gasteiger partial charge in [-0.25, -0.2) is 9.59 Å². The number of rotatable bonds is 10. The molecule has 1 saturated heterocycles. The van der Waals surface area contributed by atoms with E-state index >= 15 is 0 Å². The van der Waals surface area contributed by atoms with Crippen LogP contribution in [-0.2, 0) is 32.3 Å². The fourth-order valence-corrected chi connectivity index (χ4v) is 4.45. The molecule has 0 aliphatic carbocycles. The first kappa shape index (κ1) is 28.0. The molecule has 1 aliphatic rings. The van der Waals surface area contributed by atoms with Crippen molar-refractivity contribution >= 4 is 45.7 Å². The Morgan fingerprint density at radius 3 is 1.74 bits per heavy atom. The Hall–Kier alpha value is -4.04. The average Bonchev–Trinajstić information content (AvgIpc) is 2.97. The first-order valence-corrected chi connectivity index (χ1v) is 13.6. The second kappa shape index (κ2) is 14.8. The summed E-state index contributed by atoms with van der Waals surface area (Å²) < 4.78 is 11.5. The number of halogens is 1. The van der Waals surface area contributed by atoms with Crippen LogP contribution in [0.2, 0.25) is 0 Å². The standard InChI is InChI=1S/C31H30BrN3O4/c32-28-20-26(14-16-29(36)38-22-24-10-4-1-5-11-24)31(33-34-35-18-8-3-9-19-35)27(21-28)15-17-30(37)39-23-25-12-6-2-7-13-25/h1-2,4-7,10-17,20-21H,3,8-9,18-19,22-23H2/b16-14+,17-15+,34-33?. The number of carbonyl (C=O) groups is 2. The van der Waals surface area contributed by atoms with E-state index in [9.17, 15) is 9.59 Å². The molecule has 1 fully saturated rings. The van der Waals surface area contributed by atoms with Gasteiger partial charge >= 0.3 is 11.9 Å². The van der Waals surface area contributed by atoms with Gasteiger partial charge in [0.25, 0.3) is 0 Å². The van der Waals surface area contributed by atoms with Crippen LogP contribution in [0.1, 0.15) is 41.5 Å². The molecule has 0 amide bonds. The summed E-state index contributed by atoms with van der Waals surface area (Å²) in [5.74, 6) is -0.946. The molecule has 0 unspecified atom stereocenters. The van der Waals surface area contributed by atoms with Gasteiger partial charge in [-0.15, -0.1) is 5.11 Å². The Labute approximate surface area is 236 Å². The minimum Gasteiger partial charge on any atom is -0.458 e. The molecule has 7 nitrogen and oxygen atoms in total. The van der Waals surface area contributed by atoms with Crippen LogP contribution in [0.5, 0.6) is 0 Å². The SMILES string of the molecule is O=C(/C=C/c1cc(Br)cc(/C=C/C(=O)OCc2ccccc2)c1N=NN1CCCCC1)OCc1ccccc1. The van der Waals surface area contributed by atoms with Crippen LogP contribution in [0.15, 0.2) is 99.8 Å². The predicted molar refractivity (Wildman–Crippen MR) is 155 cm³/mol. The molecule has 0 aromatic heterocycles. The van der Waals surface area contributed by atoms with Gasteiger partial charge in [0.2, 0.25) is 0 Å². The van der Waals surface area contributed by atoms with Crippen molar-refractivity contribution in [3.8, 4) is 0 Å². The van der Waals surface area contributed by atoms with Gasteiger partial charge < -0.3 is 9.47 Å². The largest absolute Gasteiger partial charge is 0.458 e. The fourth-order valence-electron chi connectivity index (χ4n) is 3.96. The van der Waals surface area contributed by atoms with Crippen LogP contribution in [-0.4, -0.2) is 30.0 Å². The van der Waals surface area contributed by atoms with Crippen LogP contribution < -0.4 is 0 Å². The van der Waals surface area contributed by atoms with Crippen molar-refractivity contribution in [1.29, 1.82) is 0 Å². The maximum Gasteiger partial charge on any atom is 0.331 e. The third kappa shape index (κ3) is 9.33. The van der Waals surface area contributed by atoms with Gasteiger partial charge in [-0.3, -0.25) is 5.01 Å². The smallest absolute Gasteiger partial charge is 0.331 e. The third-order valence-electron chi connectivity index (χ3n) is 5.98. The molecule has 3 aromatic carbocycles. The molecule has 200 valence electrons. The van der Waals surface area contributed by atoms with Gasteiger partial charge in [0.15, 0.2) is 0 Å². The van der Waals surface area contributed by atoms with Crippen LogP contribution in [0, 0.1) is 0 Å². The second-order valence-corrected chi connectivity index (χ2v) is 9.91. The van der Waals surface area contributed by atoms with Crippen molar-refractivity contribution in [3.63, 3.8) is 0 Å². The summed E-state index contributed by atoms with van der Waals surface area (Å²) in [4.78, 5) is 24.8. The van der Waals surface area contributed by atoms with Gasteiger partial charge in [-0.05, 0) is 54.7 Å². The molecule has 8 heteroatoms. The van der Waals surface area contributed by atoms with Crippen LogP contribution in [0.3, 0.4) is 0 Å². The second-order valence-electron chi connectivity index (χ2n) is 8.99. The van der Waals surface area contributed by atoms with Crippen molar-refractivity contribution in [1.82, 2.24) is 5.01 Å². The zero-order valence-corrected chi connectivity index (χ0v) is 23.1. The molecule has 0 saturated carbocycles. The molecule has 0 atom stereocenters. The Balaban J connectivity index is 1.52. The number of hydrogen-bond donors (Lipinski definition) is 0. The van der Waals surface area contributed by atoms with Crippen molar-refractivity contribution in [2.24, 2.45) is 10.3 Å². The lowest BCUT2D eigenvalue weighted by Gasteiger charge is -2.22. The monoisotopic (exact) mass is 587 g/mol. The summed E-state index contributed by atoms with van der Waals surface area (Å²) in [5.41, 5.74) is 3.65. The van der Waals surface area contributed by atoms with E-state index in [-0.39, 0.29) is 13.2 Å². The van der Waals surface area contributed by atoms with E-state index < -0.39 is 11.9 Å². The number of carbonyl (C=O) groups excluding carboxylic acids is 2. The minimum absolute atomic E-state index is 0.184. The lowest BCUT2D eigenvalue weighted by atomic mass is 10.1. The maximum absolute atomic E-state index is 12.4. The molecule has 0 spiro atoms. The summed E-state index contributed by atoms with van der Waals surface area (Å²) >= 11 is 3.53. The zero-order valence-electron chi connectivity index (χ0n) is 21.5. The minimum atomic E-state index is -0.473. The Kier molecular flexibility index (Phi) is 10.6. The summed E-state index contributed by atoms with van der Waals surface area (Å²) in [6.45, 7) is 2.05. The normalized spacial score (nSPS) is 13.8. The van der Waals surface area contributed by atoms with Gasteiger partial charge in [0.05, 0.1) is 0 Å². The Bertz CT molecular complexity index is 1250. The predicted octanol–water partition coefficient (Wildman–Crippen LogP) is 7.45. The molecule has 39 heavy (non-hydrogen) atoms. The van der Waals surface area contributed by atoms with Gasteiger partial charge in [-0.1, -0.05) is 81.8 Å². The molecular weight excluding hydrogens is 558 g/mol. The van der Waals surface area contributed by atoms with Crippen molar-refractivity contribution in [2.75, 3.05) is 13.1 Å². The van der Waals surface area contributed by atoms with Crippen molar-refractivity contribution in [3.05, 3.63) is 112 Å². The summed E-state index contributed by atoms with van der Waals surface area (Å²) in [7, 11) is 0. The van der Waals surface area contributed by atoms with Crippen LogP contribution in [0.4, 0.5) is 5.69 Å². The average molecular weight is 589 g/mol. The summed E-state index contributed by atoms with van der Waals surface area (Å²) in [5, 5.41) is 10.9. The van der Waals surface area contributed by atoms with E-state index in [1.807, 2.05) is 77.8 Å². The number of ether oxygens (including phenoxy) is 2. The Morgan fingerprint density at radius 1 is 0.769 bits per heavy atom. The van der Waals surface area contributed by atoms with E-state index in [1.54, 1.807) is 12.2 Å². The molecule has 0 N–H and O–H groups in total. The lowest BCUT2D eigenvalue weighted by Crippen LogP contribution is -2.23. The lowest BCUT2D eigenvalue weighted by molar-refractivity contribution is -0.139. The highest BCUT2D eigenvalue weighted by molar-refractivity contribution is 9.10. The topological polar surface area (TPSA) is 80.6 Å². The number of hydrogen-bond acceptors (Lipinski definition) is 6. The molecule has 0 radical (unpaired) electrons. The first-order valence-electron chi connectivity index (χ1n) is 12.8. The molecule has 3 aromatic rings. The summed E-state index contributed by atoms with van der Waals surface area (Å²) in [6.07, 6.45) is 9.35. The van der Waals surface area contributed by atoms with Crippen molar-refractivity contribution < 1.29 is 19.1 Å². The molecule has 0 bridgehead atoms. The molecule has 1 heterocycles. The fraction of sp³-hybridized carbons (Fsp3) is 0.226. The number of nitrogens with zero attached hydrogens (tertiary/aromatic N) is 3. The summed E-state index contributed by atoms with van der Waals surface area (Å²) in [6, 6.07) is 22.7. The highest BCUT2D eigenvalue weighted by atomic mass is 79.9. The van der Waals surface area contributed by atoms with Crippen LogP contribution in [0.25, 0.3) is 12.2 Å². The van der Waals surface area contributed by atoms with Gasteiger partial charge in [-0.2, -0.15) is 0 Å². The first-order chi connectivity index (χ1) is 19.1. The molecular formula is C31H30BrN3O4. The third-order valence-corrected chi connectivity index (χ3v) is 6.44. The maximum atomic E-state index is 12.4. The molecule has 4 rings (SSSR count). The quantitative estimate of drug-likeness (QED) is 0.140. The van der Waals surface area contributed by atoms with Crippen LogP contribution >= 0.6 is 15.9 Å². The van der Waals surface area contributed by atoms with Gasteiger partial charge in [0.1, 0.15) is 18.9 Å². The van der Waals surface area contributed by atoms with Crippen molar-refractivity contribution in [2.45, 2.75) is 32.5 Å². The highest BCUT2D eigenvalue weighted by Gasteiger charge is 2.12. The Morgan fingerprint density at radius 2 is 1.26 bits per heavy atom. The van der Waals surface area contributed by atoms with E-state index in [0.29, 0.717) is 16.8 Å². The van der Waals surface area contributed by atoms with E-state index in [0.717, 1.165) is 41.5 Å².